The van der Waals surface area contributed by atoms with Gasteiger partial charge in [-0.2, -0.15) is 11.8 Å². The van der Waals surface area contributed by atoms with E-state index in [1.165, 1.54) is 17.3 Å². The highest BCUT2D eigenvalue weighted by Crippen LogP contribution is 2.06. The Morgan fingerprint density at radius 1 is 1.26 bits per heavy atom. The van der Waals surface area contributed by atoms with Crippen LogP contribution >= 0.6 is 11.8 Å². The molecular weight excluding hydrogens is 266 g/mol. The van der Waals surface area contributed by atoms with Crippen LogP contribution in [0.3, 0.4) is 0 Å². The largest absolute Gasteiger partial charge is 0.480 e. The van der Waals surface area contributed by atoms with Gasteiger partial charge in [0.05, 0.1) is 12.4 Å². The van der Waals surface area contributed by atoms with E-state index in [1.807, 2.05) is 30.3 Å². The fourth-order valence-corrected chi connectivity index (χ4v) is 2.21. The van der Waals surface area contributed by atoms with Gasteiger partial charge in [-0.3, -0.25) is 4.79 Å². The SMILES string of the molecule is O=C(CSCCc1ccccc1)N[C@@H](CO)C(=O)O. The number of amides is 1. The number of benzene rings is 1. The number of aliphatic hydroxyl groups is 1. The highest BCUT2D eigenvalue weighted by atomic mass is 32.2. The standard InChI is InChI=1S/C13H17NO4S/c15-8-11(13(17)18)14-12(16)9-19-7-6-10-4-2-1-3-5-10/h1-5,11,15H,6-9H2,(H,14,16)(H,17,18)/t11-/m0/s1. The molecule has 0 radical (unpaired) electrons. The fourth-order valence-electron chi connectivity index (χ4n) is 1.42. The number of carbonyl (C=O) groups is 2. The lowest BCUT2D eigenvalue weighted by Gasteiger charge is -2.11. The highest BCUT2D eigenvalue weighted by Gasteiger charge is 2.18. The molecule has 0 spiro atoms. The van der Waals surface area contributed by atoms with Gasteiger partial charge in [0.2, 0.25) is 5.91 Å². The molecule has 1 amide bonds. The predicted molar refractivity (Wildman–Crippen MR) is 74.1 cm³/mol. The van der Waals surface area contributed by atoms with Crippen LogP contribution in [-0.4, -0.2) is 46.2 Å². The van der Waals surface area contributed by atoms with Crippen LogP contribution in [0.1, 0.15) is 5.56 Å². The number of hydrogen-bond donors (Lipinski definition) is 3. The number of nitrogens with one attached hydrogen (secondary N) is 1. The Balaban J connectivity index is 2.19. The lowest BCUT2D eigenvalue weighted by atomic mass is 10.2. The van der Waals surface area contributed by atoms with Crippen molar-refractivity contribution in [3.63, 3.8) is 0 Å². The number of hydrogen-bond acceptors (Lipinski definition) is 4. The van der Waals surface area contributed by atoms with Crippen LogP contribution < -0.4 is 5.32 Å². The maximum absolute atomic E-state index is 11.4. The number of aryl methyl sites for hydroxylation is 1. The summed E-state index contributed by atoms with van der Waals surface area (Å²) in [6.07, 6.45) is 0.862. The molecule has 0 aliphatic rings. The number of carboxylic acids is 1. The monoisotopic (exact) mass is 283 g/mol. The van der Waals surface area contributed by atoms with Gasteiger partial charge in [0.25, 0.3) is 0 Å². The Kier molecular flexibility index (Phi) is 6.99. The molecule has 1 aromatic rings. The van der Waals surface area contributed by atoms with Crippen molar-refractivity contribution in [3.8, 4) is 0 Å². The third kappa shape index (κ3) is 6.26. The van der Waals surface area contributed by atoms with Crippen molar-refractivity contribution in [1.82, 2.24) is 5.32 Å². The average Bonchev–Trinajstić information content (AvgIpc) is 2.42. The zero-order valence-electron chi connectivity index (χ0n) is 10.4. The van der Waals surface area contributed by atoms with Crippen LogP contribution in [0.2, 0.25) is 0 Å². The molecule has 1 rings (SSSR count). The van der Waals surface area contributed by atoms with Crippen LogP contribution in [-0.2, 0) is 16.0 Å². The summed E-state index contributed by atoms with van der Waals surface area (Å²) in [5, 5.41) is 19.7. The fraction of sp³-hybridized carbons (Fsp3) is 0.385. The van der Waals surface area contributed by atoms with Crippen molar-refractivity contribution in [2.24, 2.45) is 0 Å². The van der Waals surface area contributed by atoms with Crippen molar-refractivity contribution in [3.05, 3.63) is 35.9 Å². The van der Waals surface area contributed by atoms with Gasteiger partial charge in [-0.05, 0) is 17.7 Å². The van der Waals surface area contributed by atoms with E-state index in [2.05, 4.69) is 5.32 Å². The number of rotatable bonds is 8. The number of carboxylic acid groups (broad SMARTS) is 1. The van der Waals surface area contributed by atoms with Crippen LogP contribution in [0.25, 0.3) is 0 Å². The molecule has 0 saturated carbocycles. The quantitative estimate of drug-likeness (QED) is 0.606. The molecule has 0 fully saturated rings. The molecule has 5 nitrogen and oxygen atoms in total. The normalized spacial score (nSPS) is 11.8. The zero-order chi connectivity index (χ0) is 14.1. The first-order valence-electron chi connectivity index (χ1n) is 5.88. The first kappa shape index (κ1) is 15.5. The van der Waals surface area contributed by atoms with Crippen LogP contribution in [0.5, 0.6) is 0 Å². The molecule has 6 heteroatoms. The molecule has 0 aliphatic carbocycles. The van der Waals surface area contributed by atoms with Gasteiger partial charge in [-0.25, -0.2) is 4.79 Å². The van der Waals surface area contributed by atoms with Crippen molar-refractivity contribution in [1.29, 1.82) is 0 Å². The van der Waals surface area contributed by atoms with E-state index in [1.54, 1.807) is 0 Å². The Hall–Kier alpha value is -1.53. The van der Waals surface area contributed by atoms with Crippen LogP contribution in [0.15, 0.2) is 30.3 Å². The number of aliphatic carboxylic acids is 1. The first-order valence-corrected chi connectivity index (χ1v) is 7.03. The summed E-state index contributed by atoms with van der Waals surface area (Å²) in [5.41, 5.74) is 1.20. The molecule has 3 N–H and O–H groups in total. The van der Waals surface area contributed by atoms with Gasteiger partial charge in [-0.1, -0.05) is 30.3 Å². The molecule has 0 aliphatic heterocycles. The van der Waals surface area contributed by atoms with E-state index < -0.39 is 18.6 Å². The van der Waals surface area contributed by atoms with Crippen molar-refractivity contribution in [2.45, 2.75) is 12.5 Å². The first-order chi connectivity index (χ1) is 9.13. The molecule has 1 atom stereocenters. The number of carbonyl (C=O) groups excluding carboxylic acids is 1. The topological polar surface area (TPSA) is 86.6 Å². The maximum Gasteiger partial charge on any atom is 0.328 e. The third-order valence-electron chi connectivity index (χ3n) is 2.43. The lowest BCUT2D eigenvalue weighted by Crippen LogP contribution is -2.44. The minimum atomic E-state index is -1.23. The number of thioether (sulfide) groups is 1. The Morgan fingerprint density at radius 3 is 2.53 bits per heavy atom. The smallest absolute Gasteiger partial charge is 0.328 e. The molecule has 0 saturated heterocycles. The van der Waals surface area contributed by atoms with E-state index in [4.69, 9.17) is 10.2 Å². The second-order valence-corrected chi connectivity index (χ2v) is 5.03. The lowest BCUT2D eigenvalue weighted by molar-refractivity contribution is -0.142. The summed E-state index contributed by atoms with van der Waals surface area (Å²) in [7, 11) is 0. The van der Waals surface area contributed by atoms with Crippen molar-refractivity contribution in [2.75, 3.05) is 18.1 Å². The van der Waals surface area contributed by atoms with Gasteiger partial charge >= 0.3 is 5.97 Å². The summed E-state index contributed by atoms with van der Waals surface area (Å²) in [6.45, 7) is -0.601. The van der Waals surface area contributed by atoms with E-state index in [0.29, 0.717) is 0 Å². The molecule has 0 heterocycles. The minimum absolute atomic E-state index is 0.191. The molecule has 1 aromatic carbocycles. The summed E-state index contributed by atoms with van der Waals surface area (Å²) in [6, 6.07) is 8.70. The molecule has 19 heavy (non-hydrogen) atoms. The maximum atomic E-state index is 11.4. The average molecular weight is 283 g/mol. The zero-order valence-corrected chi connectivity index (χ0v) is 11.2. The second-order valence-electron chi connectivity index (χ2n) is 3.93. The summed E-state index contributed by atoms with van der Waals surface area (Å²) in [5.74, 6) is -0.630. The van der Waals surface area contributed by atoms with E-state index in [9.17, 15) is 9.59 Å². The second kappa shape index (κ2) is 8.55. The summed E-state index contributed by atoms with van der Waals surface area (Å²) in [4.78, 5) is 22.0. The Labute approximate surface area is 116 Å². The van der Waals surface area contributed by atoms with Crippen LogP contribution in [0, 0.1) is 0 Å². The van der Waals surface area contributed by atoms with Crippen molar-refractivity contribution >= 4 is 23.6 Å². The van der Waals surface area contributed by atoms with E-state index in [0.717, 1.165) is 12.2 Å². The van der Waals surface area contributed by atoms with Gasteiger partial charge in [0, 0.05) is 0 Å². The van der Waals surface area contributed by atoms with E-state index in [-0.39, 0.29) is 11.7 Å². The number of aliphatic hydroxyl groups excluding tert-OH is 1. The third-order valence-corrected chi connectivity index (χ3v) is 3.39. The van der Waals surface area contributed by atoms with Gasteiger partial charge in [-0.15, -0.1) is 0 Å². The molecule has 104 valence electrons. The van der Waals surface area contributed by atoms with Crippen molar-refractivity contribution < 1.29 is 19.8 Å². The molecule has 0 unspecified atom stereocenters. The minimum Gasteiger partial charge on any atom is -0.480 e. The van der Waals surface area contributed by atoms with Crippen LogP contribution in [0.4, 0.5) is 0 Å². The van der Waals surface area contributed by atoms with Gasteiger partial charge in [0.1, 0.15) is 6.04 Å². The highest BCUT2D eigenvalue weighted by molar-refractivity contribution is 7.99. The Bertz CT molecular complexity index is 410. The summed E-state index contributed by atoms with van der Waals surface area (Å²) >= 11 is 1.43. The van der Waals surface area contributed by atoms with Gasteiger partial charge < -0.3 is 15.5 Å². The van der Waals surface area contributed by atoms with Gasteiger partial charge in [0.15, 0.2) is 0 Å². The molecular formula is C13H17NO4S. The molecule has 0 bridgehead atoms. The molecule has 0 aromatic heterocycles. The predicted octanol–water partition coefficient (Wildman–Crippen LogP) is 0.524. The summed E-state index contributed by atoms with van der Waals surface area (Å²) < 4.78 is 0. The van der Waals surface area contributed by atoms with E-state index >= 15 is 0 Å². The Morgan fingerprint density at radius 2 is 1.95 bits per heavy atom.